The van der Waals surface area contributed by atoms with Crippen LogP contribution in [0.3, 0.4) is 0 Å². The van der Waals surface area contributed by atoms with Crippen molar-refractivity contribution in [3.8, 4) is 0 Å². The molecule has 4 nitrogen and oxygen atoms in total. The van der Waals surface area contributed by atoms with Gasteiger partial charge in [0, 0.05) is 13.1 Å². The molecule has 4 heteroatoms. The first-order valence-corrected chi connectivity index (χ1v) is 3.87. The Morgan fingerprint density at radius 2 is 2.55 bits per heavy atom. The lowest BCUT2D eigenvalue weighted by molar-refractivity contribution is 0.159. The van der Waals surface area contributed by atoms with E-state index in [0.29, 0.717) is 6.61 Å². The molecule has 1 aliphatic rings. The SMILES string of the molecule is CCN1C(=O)OCC1CNC. The molecule has 0 aromatic rings. The Kier molecular flexibility index (Phi) is 2.70. The molecule has 1 saturated heterocycles. The molecular weight excluding hydrogens is 144 g/mol. The zero-order chi connectivity index (χ0) is 8.27. The summed E-state index contributed by atoms with van der Waals surface area (Å²) in [4.78, 5) is 12.7. The molecule has 0 radical (unpaired) electrons. The Balaban J connectivity index is 2.47. The van der Waals surface area contributed by atoms with Gasteiger partial charge in [-0.3, -0.25) is 0 Å². The summed E-state index contributed by atoms with van der Waals surface area (Å²) in [5, 5.41) is 3.02. The van der Waals surface area contributed by atoms with E-state index in [-0.39, 0.29) is 12.1 Å². The number of amides is 1. The van der Waals surface area contributed by atoms with Crippen molar-refractivity contribution in [2.24, 2.45) is 0 Å². The lowest BCUT2D eigenvalue weighted by Gasteiger charge is -2.18. The smallest absolute Gasteiger partial charge is 0.410 e. The molecular formula is C7H14N2O2. The van der Waals surface area contributed by atoms with Crippen LogP contribution in [0.15, 0.2) is 0 Å². The summed E-state index contributed by atoms with van der Waals surface area (Å²) in [6.07, 6.45) is -0.187. The van der Waals surface area contributed by atoms with E-state index in [2.05, 4.69) is 5.32 Å². The van der Waals surface area contributed by atoms with Crippen molar-refractivity contribution in [2.75, 3.05) is 26.7 Å². The van der Waals surface area contributed by atoms with Gasteiger partial charge in [0.25, 0.3) is 0 Å². The number of cyclic esters (lactones) is 1. The molecule has 0 saturated carbocycles. The van der Waals surface area contributed by atoms with Crippen LogP contribution in [-0.2, 0) is 4.74 Å². The van der Waals surface area contributed by atoms with E-state index >= 15 is 0 Å². The van der Waals surface area contributed by atoms with E-state index in [4.69, 9.17) is 4.74 Å². The summed E-state index contributed by atoms with van der Waals surface area (Å²) >= 11 is 0. The summed E-state index contributed by atoms with van der Waals surface area (Å²) in [6.45, 7) is 4.01. The van der Waals surface area contributed by atoms with Gasteiger partial charge in [-0.1, -0.05) is 0 Å². The molecule has 0 spiro atoms. The first kappa shape index (κ1) is 8.33. The van der Waals surface area contributed by atoms with Crippen molar-refractivity contribution >= 4 is 6.09 Å². The van der Waals surface area contributed by atoms with Gasteiger partial charge < -0.3 is 15.0 Å². The van der Waals surface area contributed by atoms with Gasteiger partial charge in [-0.25, -0.2) is 4.79 Å². The van der Waals surface area contributed by atoms with Gasteiger partial charge >= 0.3 is 6.09 Å². The molecule has 0 aromatic carbocycles. The zero-order valence-corrected chi connectivity index (χ0v) is 6.96. The van der Waals surface area contributed by atoms with Gasteiger partial charge in [-0.2, -0.15) is 0 Å². The highest BCUT2D eigenvalue weighted by Crippen LogP contribution is 2.10. The Labute approximate surface area is 66.5 Å². The van der Waals surface area contributed by atoms with Crippen LogP contribution in [-0.4, -0.2) is 43.8 Å². The number of likely N-dealkylation sites (N-methyl/N-ethyl adjacent to an activating group) is 2. The molecule has 1 aliphatic heterocycles. The highest BCUT2D eigenvalue weighted by molar-refractivity contribution is 5.70. The summed E-state index contributed by atoms with van der Waals surface area (Å²) in [7, 11) is 1.87. The van der Waals surface area contributed by atoms with Crippen LogP contribution in [0, 0.1) is 0 Å². The Morgan fingerprint density at radius 1 is 1.82 bits per heavy atom. The van der Waals surface area contributed by atoms with E-state index in [1.165, 1.54) is 0 Å². The fraction of sp³-hybridized carbons (Fsp3) is 0.857. The molecule has 1 amide bonds. The lowest BCUT2D eigenvalue weighted by Crippen LogP contribution is -2.39. The molecule has 0 bridgehead atoms. The average Bonchev–Trinajstić information content (AvgIpc) is 2.33. The van der Waals surface area contributed by atoms with Crippen LogP contribution in [0.2, 0.25) is 0 Å². The number of nitrogens with zero attached hydrogens (tertiary/aromatic N) is 1. The summed E-state index contributed by atoms with van der Waals surface area (Å²) in [5.41, 5.74) is 0. The third-order valence-corrected chi connectivity index (χ3v) is 1.85. The number of carbonyl (C=O) groups excluding carboxylic acids is 1. The van der Waals surface area contributed by atoms with Crippen molar-refractivity contribution in [2.45, 2.75) is 13.0 Å². The van der Waals surface area contributed by atoms with Crippen molar-refractivity contribution in [3.63, 3.8) is 0 Å². The van der Waals surface area contributed by atoms with Crippen LogP contribution in [0.1, 0.15) is 6.92 Å². The third kappa shape index (κ3) is 1.63. The van der Waals surface area contributed by atoms with E-state index in [0.717, 1.165) is 13.1 Å². The summed E-state index contributed by atoms with van der Waals surface area (Å²) in [6, 6.07) is 0.220. The normalized spacial score (nSPS) is 24.0. The number of hydrogen-bond acceptors (Lipinski definition) is 3. The van der Waals surface area contributed by atoms with Crippen molar-refractivity contribution < 1.29 is 9.53 Å². The minimum Gasteiger partial charge on any atom is -0.447 e. The topological polar surface area (TPSA) is 41.6 Å². The molecule has 1 heterocycles. The summed E-state index contributed by atoms with van der Waals surface area (Å²) < 4.78 is 4.87. The average molecular weight is 158 g/mol. The second-order valence-corrected chi connectivity index (χ2v) is 2.57. The van der Waals surface area contributed by atoms with Crippen LogP contribution in [0.25, 0.3) is 0 Å². The monoisotopic (exact) mass is 158 g/mol. The first-order valence-electron chi connectivity index (χ1n) is 3.87. The summed E-state index contributed by atoms with van der Waals surface area (Å²) in [5.74, 6) is 0. The van der Waals surface area contributed by atoms with Crippen LogP contribution >= 0.6 is 0 Å². The maximum Gasteiger partial charge on any atom is 0.410 e. The highest BCUT2D eigenvalue weighted by Gasteiger charge is 2.30. The second-order valence-electron chi connectivity index (χ2n) is 2.57. The van der Waals surface area contributed by atoms with Gasteiger partial charge in [-0.15, -0.1) is 0 Å². The number of nitrogens with one attached hydrogen (secondary N) is 1. The molecule has 1 atom stereocenters. The zero-order valence-electron chi connectivity index (χ0n) is 6.96. The molecule has 1 N–H and O–H groups in total. The molecule has 0 aliphatic carbocycles. The lowest BCUT2D eigenvalue weighted by atomic mass is 10.3. The predicted octanol–water partition coefficient (Wildman–Crippen LogP) is 0.0465. The van der Waals surface area contributed by atoms with Crippen LogP contribution < -0.4 is 5.32 Å². The number of rotatable bonds is 3. The maximum atomic E-state index is 11.0. The van der Waals surface area contributed by atoms with Gasteiger partial charge in [0.05, 0.1) is 6.04 Å². The minimum absolute atomic E-state index is 0.187. The van der Waals surface area contributed by atoms with Gasteiger partial charge in [0.2, 0.25) is 0 Å². The van der Waals surface area contributed by atoms with Crippen molar-refractivity contribution in [1.29, 1.82) is 0 Å². The largest absolute Gasteiger partial charge is 0.447 e. The van der Waals surface area contributed by atoms with E-state index in [1.54, 1.807) is 4.90 Å². The third-order valence-electron chi connectivity index (χ3n) is 1.85. The highest BCUT2D eigenvalue weighted by atomic mass is 16.6. The Morgan fingerprint density at radius 3 is 3.09 bits per heavy atom. The van der Waals surface area contributed by atoms with Crippen LogP contribution in [0.5, 0.6) is 0 Å². The standard InChI is InChI=1S/C7H14N2O2/c1-3-9-6(4-8-2)5-11-7(9)10/h6,8H,3-5H2,1-2H3. The molecule has 64 valence electrons. The molecule has 1 unspecified atom stereocenters. The van der Waals surface area contributed by atoms with Gasteiger partial charge in [0.15, 0.2) is 0 Å². The Bertz CT molecular complexity index is 149. The van der Waals surface area contributed by atoms with E-state index < -0.39 is 0 Å². The van der Waals surface area contributed by atoms with E-state index in [1.807, 2.05) is 14.0 Å². The second kappa shape index (κ2) is 3.57. The maximum absolute atomic E-state index is 11.0. The van der Waals surface area contributed by atoms with Gasteiger partial charge in [-0.05, 0) is 14.0 Å². The molecule has 0 aromatic heterocycles. The molecule has 11 heavy (non-hydrogen) atoms. The quantitative estimate of drug-likeness (QED) is 0.631. The molecule has 1 rings (SSSR count). The van der Waals surface area contributed by atoms with Crippen molar-refractivity contribution in [1.82, 2.24) is 10.2 Å². The van der Waals surface area contributed by atoms with Crippen molar-refractivity contribution in [3.05, 3.63) is 0 Å². The van der Waals surface area contributed by atoms with Crippen LogP contribution in [0.4, 0.5) is 4.79 Å². The number of carbonyl (C=O) groups is 1. The predicted molar refractivity (Wildman–Crippen MR) is 41.4 cm³/mol. The minimum atomic E-state index is -0.187. The number of ether oxygens (including phenoxy) is 1. The fourth-order valence-electron chi connectivity index (χ4n) is 1.28. The number of hydrogen-bond donors (Lipinski definition) is 1. The Hall–Kier alpha value is -0.770. The fourth-order valence-corrected chi connectivity index (χ4v) is 1.28. The van der Waals surface area contributed by atoms with E-state index in [9.17, 15) is 4.79 Å². The molecule has 1 fully saturated rings. The van der Waals surface area contributed by atoms with Gasteiger partial charge in [0.1, 0.15) is 6.61 Å². The first-order chi connectivity index (χ1) is 5.29.